The third-order valence-corrected chi connectivity index (χ3v) is 5.95. The molecule has 0 saturated carbocycles. The van der Waals surface area contributed by atoms with E-state index in [1.807, 2.05) is 36.4 Å². The Kier molecular flexibility index (Phi) is 11.4. The second kappa shape index (κ2) is 14.0. The van der Waals surface area contributed by atoms with E-state index < -0.39 is 5.60 Å². The lowest BCUT2D eigenvalue weighted by molar-refractivity contribution is -0.162. The van der Waals surface area contributed by atoms with Crippen molar-refractivity contribution in [3.63, 3.8) is 0 Å². The fourth-order valence-corrected chi connectivity index (χ4v) is 3.59. The monoisotopic (exact) mass is 424 g/mol. The van der Waals surface area contributed by atoms with Crippen LogP contribution in [0.2, 0.25) is 0 Å². The molecule has 31 heavy (non-hydrogen) atoms. The van der Waals surface area contributed by atoms with Gasteiger partial charge in [0, 0.05) is 12.5 Å². The topological polar surface area (TPSA) is 35.5 Å². The molecule has 0 bridgehead atoms. The predicted molar refractivity (Wildman–Crippen MR) is 129 cm³/mol. The molecule has 1 unspecified atom stereocenters. The summed E-state index contributed by atoms with van der Waals surface area (Å²) in [6.07, 6.45) is 19.0. The van der Waals surface area contributed by atoms with E-state index in [0.717, 1.165) is 25.7 Å². The fourth-order valence-electron chi connectivity index (χ4n) is 3.59. The highest BCUT2D eigenvalue weighted by Crippen LogP contribution is 2.30. The first kappa shape index (κ1) is 25.1. The molecule has 1 atom stereocenters. The molecule has 0 amide bonds. The Bertz CT molecular complexity index is 690. The van der Waals surface area contributed by atoms with Crippen LogP contribution in [0.5, 0.6) is 0 Å². The molecule has 0 radical (unpaired) electrons. The van der Waals surface area contributed by atoms with Gasteiger partial charge in [-0.15, -0.1) is 6.58 Å². The van der Waals surface area contributed by atoms with E-state index in [2.05, 4.69) is 44.7 Å². The molecular weight excluding hydrogens is 384 g/mol. The average Bonchev–Trinajstić information content (AvgIpc) is 2.82. The molecule has 0 saturated heterocycles. The maximum Gasteiger partial charge on any atom is 0.346 e. The number of carbonyl (C=O) groups is 1. The standard InChI is InChI=1S/C28H40O3/c1-4-6-7-8-9-10-11-15-22-31-28(27(29)30-23-24(3)5-2)20-18-26(19-21-28)25-16-13-12-14-17-25/h4,12-14,16-21,24,26H,1,5-11,15,22-23H2,2-3H3. The average molecular weight is 425 g/mol. The Morgan fingerprint density at radius 2 is 1.71 bits per heavy atom. The first-order valence-corrected chi connectivity index (χ1v) is 12.0. The summed E-state index contributed by atoms with van der Waals surface area (Å²) in [6, 6.07) is 10.3. The summed E-state index contributed by atoms with van der Waals surface area (Å²) in [6.45, 7) is 8.94. The number of allylic oxidation sites excluding steroid dienone is 3. The van der Waals surface area contributed by atoms with Gasteiger partial charge in [0.25, 0.3) is 0 Å². The molecule has 0 heterocycles. The molecule has 0 aromatic heterocycles. The summed E-state index contributed by atoms with van der Waals surface area (Å²) in [5.74, 6) is 0.183. The summed E-state index contributed by atoms with van der Waals surface area (Å²) >= 11 is 0. The molecule has 0 fully saturated rings. The van der Waals surface area contributed by atoms with Crippen molar-refractivity contribution in [2.45, 2.75) is 76.7 Å². The van der Waals surface area contributed by atoms with E-state index in [9.17, 15) is 4.79 Å². The van der Waals surface area contributed by atoms with Gasteiger partial charge in [-0.3, -0.25) is 0 Å². The van der Waals surface area contributed by atoms with Crippen molar-refractivity contribution in [1.29, 1.82) is 0 Å². The summed E-state index contributed by atoms with van der Waals surface area (Å²) < 4.78 is 11.8. The zero-order valence-corrected chi connectivity index (χ0v) is 19.4. The van der Waals surface area contributed by atoms with Crippen LogP contribution in [-0.4, -0.2) is 24.8 Å². The zero-order chi connectivity index (χ0) is 22.4. The number of carbonyl (C=O) groups excluding carboxylic acids is 1. The van der Waals surface area contributed by atoms with E-state index in [4.69, 9.17) is 9.47 Å². The summed E-state index contributed by atoms with van der Waals surface area (Å²) in [5.41, 5.74) is 0.0934. The van der Waals surface area contributed by atoms with E-state index in [0.29, 0.717) is 19.1 Å². The molecule has 0 aliphatic heterocycles. The van der Waals surface area contributed by atoms with Gasteiger partial charge in [0.2, 0.25) is 5.60 Å². The molecule has 0 spiro atoms. The van der Waals surface area contributed by atoms with Gasteiger partial charge in [0.1, 0.15) is 0 Å². The first-order valence-electron chi connectivity index (χ1n) is 12.0. The number of ether oxygens (including phenoxy) is 2. The van der Waals surface area contributed by atoms with Gasteiger partial charge < -0.3 is 9.47 Å². The molecule has 1 aliphatic rings. The van der Waals surface area contributed by atoms with Gasteiger partial charge in [0.05, 0.1) is 6.61 Å². The Balaban J connectivity index is 1.91. The van der Waals surface area contributed by atoms with Crippen LogP contribution in [-0.2, 0) is 14.3 Å². The lowest BCUT2D eigenvalue weighted by Crippen LogP contribution is -2.41. The van der Waals surface area contributed by atoms with Crippen LogP contribution in [0.1, 0.15) is 76.7 Å². The van der Waals surface area contributed by atoms with Crippen LogP contribution < -0.4 is 0 Å². The van der Waals surface area contributed by atoms with Crippen molar-refractivity contribution in [3.05, 3.63) is 72.9 Å². The molecule has 0 N–H and O–H groups in total. The SMILES string of the molecule is C=CCCCCCCCCOC1(C(=O)OCC(C)CC)C=CC(c2ccccc2)C=C1. The Morgan fingerprint density at radius 1 is 1.06 bits per heavy atom. The smallest absolute Gasteiger partial charge is 0.346 e. The molecular formula is C28H40O3. The summed E-state index contributed by atoms with van der Waals surface area (Å²) in [4.78, 5) is 13.0. The van der Waals surface area contributed by atoms with Crippen molar-refractivity contribution in [1.82, 2.24) is 0 Å². The van der Waals surface area contributed by atoms with Crippen LogP contribution in [0.25, 0.3) is 0 Å². The van der Waals surface area contributed by atoms with Crippen molar-refractivity contribution < 1.29 is 14.3 Å². The van der Waals surface area contributed by atoms with E-state index >= 15 is 0 Å². The molecule has 1 aliphatic carbocycles. The maximum absolute atomic E-state index is 13.0. The minimum absolute atomic E-state index is 0.149. The first-order chi connectivity index (χ1) is 15.1. The third kappa shape index (κ3) is 8.49. The normalized spacial score (nSPS) is 21.0. The Hall–Kier alpha value is -2.13. The Labute approximate surface area is 189 Å². The highest BCUT2D eigenvalue weighted by molar-refractivity contribution is 5.85. The van der Waals surface area contributed by atoms with Crippen LogP contribution in [0.15, 0.2) is 67.3 Å². The predicted octanol–water partition coefficient (Wildman–Crippen LogP) is 7.16. The number of unbranched alkanes of at least 4 members (excludes halogenated alkanes) is 6. The molecule has 170 valence electrons. The van der Waals surface area contributed by atoms with E-state index in [1.54, 1.807) is 0 Å². The Morgan fingerprint density at radius 3 is 2.35 bits per heavy atom. The van der Waals surface area contributed by atoms with Gasteiger partial charge >= 0.3 is 5.97 Å². The number of hydrogen-bond acceptors (Lipinski definition) is 3. The van der Waals surface area contributed by atoms with Crippen LogP contribution in [0, 0.1) is 5.92 Å². The quantitative estimate of drug-likeness (QED) is 0.170. The van der Waals surface area contributed by atoms with Crippen LogP contribution in [0.4, 0.5) is 0 Å². The van der Waals surface area contributed by atoms with Crippen molar-refractivity contribution in [2.75, 3.05) is 13.2 Å². The third-order valence-electron chi connectivity index (χ3n) is 5.95. The minimum atomic E-state index is -1.11. The molecule has 3 nitrogen and oxygen atoms in total. The van der Waals surface area contributed by atoms with Gasteiger partial charge in [0.15, 0.2) is 0 Å². The molecule has 3 heteroatoms. The number of benzene rings is 1. The fraction of sp³-hybridized carbons (Fsp3) is 0.536. The highest BCUT2D eigenvalue weighted by atomic mass is 16.6. The lowest BCUT2D eigenvalue weighted by Gasteiger charge is -2.30. The minimum Gasteiger partial charge on any atom is -0.463 e. The van der Waals surface area contributed by atoms with Crippen molar-refractivity contribution in [2.24, 2.45) is 5.92 Å². The van der Waals surface area contributed by atoms with Gasteiger partial charge in [-0.1, -0.05) is 94.5 Å². The zero-order valence-electron chi connectivity index (χ0n) is 19.4. The summed E-state index contributed by atoms with van der Waals surface area (Å²) in [5, 5.41) is 0. The maximum atomic E-state index is 13.0. The summed E-state index contributed by atoms with van der Waals surface area (Å²) in [7, 11) is 0. The highest BCUT2D eigenvalue weighted by Gasteiger charge is 2.38. The van der Waals surface area contributed by atoms with E-state index in [1.165, 1.54) is 31.2 Å². The largest absolute Gasteiger partial charge is 0.463 e. The van der Waals surface area contributed by atoms with Crippen molar-refractivity contribution in [3.8, 4) is 0 Å². The van der Waals surface area contributed by atoms with Crippen molar-refractivity contribution >= 4 is 5.97 Å². The molecule has 2 rings (SSSR count). The lowest BCUT2D eigenvalue weighted by atomic mass is 9.88. The number of rotatable bonds is 15. The van der Waals surface area contributed by atoms with Crippen LogP contribution in [0.3, 0.4) is 0 Å². The van der Waals surface area contributed by atoms with Crippen LogP contribution >= 0.6 is 0 Å². The second-order valence-corrected chi connectivity index (χ2v) is 8.61. The molecule has 1 aromatic rings. The second-order valence-electron chi connectivity index (χ2n) is 8.61. The molecule has 1 aromatic carbocycles. The van der Waals surface area contributed by atoms with Gasteiger partial charge in [-0.25, -0.2) is 4.79 Å². The number of esters is 1. The van der Waals surface area contributed by atoms with E-state index in [-0.39, 0.29) is 11.9 Å². The number of hydrogen-bond donors (Lipinski definition) is 0. The van der Waals surface area contributed by atoms with Gasteiger partial charge in [-0.05, 0) is 42.9 Å². The van der Waals surface area contributed by atoms with Gasteiger partial charge in [-0.2, -0.15) is 0 Å².